The van der Waals surface area contributed by atoms with Crippen molar-refractivity contribution < 1.29 is 4.74 Å². The second-order valence-corrected chi connectivity index (χ2v) is 5.52. The van der Waals surface area contributed by atoms with Crippen LogP contribution in [0, 0.1) is 0 Å². The third-order valence-electron chi connectivity index (χ3n) is 3.20. The normalized spacial score (nSPS) is 16.7. The smallest absolute Gasteiger partial charge is 0.134 e. The molecule has 3 heteroatoms. The van der Waals surface area contributed by atoms with Gasteiger partial charge in [-0.15, -0.1) is 11.3 Å². The summed E-state index contributed by atoms with van der Waals surface area (Å²) in [5, 5.41) is 3.28. The average molecular weight is 259 g/mol. The highest BCUT2D eigenvalue weighted by Crippen LogP contribution is 2.41. The molecule has 0 spiro atoms. The Morgan fingerprint density at radius 3 is 2.78 bits per heavy atom. The SMILES string of the molecule is CCOC(c1ccccc1)c1nc(C2CC2)cs1. The highest BCUT2D eigenvalue weighted by atomic mass is 32.1. The fourth-order valence-corrected chi connectivity index (χ4v) is 3.06. The molecular weight excluding hydrogens is 242 g/mol. The van der Waals surface area contributed by atoms with Crippen LogP contribution in [-0.2, 0) is 4.74 Å². The molecule has 1 aromatic carbocycles. The zero-order valence-corrected chi connectivity index (χ0v) is 11.3. The number of hydrogen-bond donors (Lipinski definition) is 0. The van der Waals surface area contributed by atoms with Crippen molar-refractivity contribution in [2.45, 2.75) is 31.8 Å². The van der Waals surface area contributed by atoms with Crippen molar-refractivity contribution in [2.24, 2.45) is 0 Å². The van der Waals surface area contributed by atoms with E-state index in [1.165, 1.54) is 24.1 Å². The predicted octanol–water partition coefficient (Wildman–Crippen LogP) is 4.15. The molecule has 0 aliphatic heterocycles. The van der Waals surface area contributed by atoms with Gasteiger partial charge in [-0.25, -0.2) is 4.98 Å². The fraction of sp³-hybridized carbons (Fsp3) is 0.400. The third-order valence-corrected chi connectivity index (χ3v) is 4.10. The van der Waals surface area contributed by atoms with Gasteiger partial charge in [-0.1, -0.05) is 30.3 Å². The number of nitrogens with zero attached hydrogens (tertiary/aromatic N) is 1. The minimum absolute atomic E-state index is 0.00583. The molecule has 1 saturated carbocycles. The first kappa shape index (κ1) is 11.9. The Morgan fingerprint density at radius 2 is 2.11 bits per heavy atom. The molecule has 1 heterocycles. The third kappa shape index (κ3) is 2.47. The molecule has 0 N–H and O–H groups in total. The highest BCUT2D eigenvalue weighted by Gasteiger charge is 2.27. The molecule has 1 unspecified atom stereocenters. The largest absolute Gasteiger partial charge is 0.367 e. The second-order valence-electron chi connectivity index (χ2n) is 4.63. The van der Waals surface area contributed by atoms with Crippen molar-refractivity contribution >= 4 is 11.3 Å². The second kappa shape index (κ2) is 5.21. The molecule has 18 heavy (non-hydrogen) atoms. The number of benzene rings is 1. The fourth-order valence-electron chi connectivity index (χ4n) is 2.09. The molecule has 0 radical (unpaired) electrons. The molecule has 2 aromatic rings. The molecule has 1 fully saturated rings. The summed E-state index contributed by atoms with van der Waals surface area (Å²) in [6.07, 6.45) is 2.59. The zero-order chi connectivity index (χ0) is 12.4. The zero-order valence-electron chi connectivity index (χ0n) is 10.5. The van der Waals surface area contributed by atoms with E-state index in [4.69, 9.17) is 9.72 Å². The Labute approximate surface area is 112 Å². The Kier molecular flexibility index (Phi) is 3.43. The minimum atomic E-state index is -0.00583. The van der Waals surface area contributed by atoms with E-state index in [9.17, 15) is 0 Å². The number of ether oxygens (including phenoxy) is 1. The molecular formula is C15H17NOS. The lowest BCUT2D eigenvalue weighted by Gasteiger charge is -2.14. The van der Waals surface area contributed by atoms with E-state index in [1.54, 1.807) is 11.3 Å². The van der Waals surface area contributed by atoms with Crippen LogP contribution in [-0.4, -0.2) is 11.6 Å². The number of rotatable bonds is 5. The summed E-state index contributed by atoms with van der Waals surface area (Å²) >= 11 is 1.72. The lowest BCUT2D eigenvalue weighted by molar-refractivity contribution is 0.0910. The summed E-state index contributed by atoms with van der Waals surface area (Å²) in [4.78, 5) is 4.76. The van der Waals surface area contributed by atoms with E-state index in [2.05, 4.69) is 29.6 Å². The van der Waals surface area contributed by atoms with Crippen LogP contribution in [0.5, 0.6) is 0 Å². The van der Waals surface area contributed by atoms with Gasteiger partial charge in [-0.3, -0.25) is 0 Å². The maximum atomic E-state index is 5.88. The van der Waals surface area contributed by atoms with Crippen LogP contribution < -0.4 is 0 Å². The lowest BCUT2D eigenvalue weighted by Crippen LogP contribution is -2.05. The first-order valence-electron chi connectivity index (χ1n) is 6.50. The summed E-state index contributed by atoms with van der Waals surface area (Å²) in [7, 11) is 0. The maximum absolute atomic E-state index is 5.88. The van der Waals surface area contributed by atoms with Gasteiger partial charge in [0.2, 0.25) is 0 Å². The molecule has 1 aliphatic rings. The molecule has 1 aromatic heterocycles. The quantitative estimate of drug-likeness (QED) is 0.805. The molecule has 1 aliphatic carbocycles. The van der Waals surface area contributed by atoms with Crippen LogP contribution >= 0.6 is 11.3 Å². The van der Waals surface area contributed by atoms with Gasteiger partial charge in [-0.2, -0.15) is 0 Å². The van der Waals surface area contributed by atoms with E-state index in [1.807, 2.05) is 13.0 Å². The van der Waals surface area contributed by atoms with Crippen molar-refractivity contribution in [3.63, 3.8) is 0 Å². The highest BCUT2D eigenvalue weighted by molar-refractivity contribution is 7.09. The Balaban J connectivity index is 1.88. The predicted molar refractivity (Wildman–Crippen MR) is 74.0 cm³/mol. The Bertz CT molecular complexity index is 504. The molecule has 3 rings (SSSR count). The van der Waals surface area contributed by atoms with Gasteiger partial charge >= 0.3 is 0 Å². The number of thiazole rings is 1. The van der Waals surface area contributed by atoms with E-state index in [-0.39, 0.29) is 6.10 Å². The van der Waals surface area contributed by atoms with Crippen LogP contribution in [0.1, 0.15) is 48.1 Å². The molecule has 0 saturated heterocycles. The van der Waals surface area contributed by atoms with Gasteiger partial charge in [0.1, 0.15) is 11.1 Å². The van der Waals surface area contributed by atoms with Crippen LogP contribution in [0.25, 0.3) is 0 Å². The van der Waals surface area contributed by atoms with Crippen LogP contribution in [0.3, 0.4) is 0 Å². The van der Waals surface area contributed by atoms with Gasteiger partial charge in [0.25, 0.3) is 0 Å². The van der Waals surface area contributed by atoms with E-state index >= 15 is 0 Å². The molecule has 94 valence electrons. The summed E-state index contributed by atoms with van der Waals surface area (Å²) < 4.78 is 5.88. The van der Waals surface area contributed by atoms with Crippen molar-refractivity contribution in [2.75, 3.05) is 6.61 Å². The van der Waals surface area contributed by atoms with Crippen molar-refractivity contribution in [3.05, 3.63) is 52.0 Å². The molecule has 0 amide bonds. The number of hydrogen-bond acceptors (Lipinski definition) is 3. The van der Waals surface area contributed by atoms with Crippen molar-refractivity contribution in [3.8, 4) is 0 Å². The summed E-state index contributed by atoms with van der Waals surface area (Å²) in [5.74, 6) is 0.716. The Hall–Kier alpha value is -1.19. The van der Waals surface area contributed by atoms with E-state index < -0.39 is 0 Å². The topological polar surface area (TPSA) is 22.1 Å². The minimum Gasteiger partial charge on any atom is -0.367 e. The van der Waals surface area contributed by atoms with E-state index in [0.717, 1.165) is 5.01 Å². The van der Waals surface area contributed by atoms with Crippen molar-refractivity contribution in [1.29, 1.82) is 0 Å². The monoisotopic (exact) mass is 259 g/mol. The van der Waals surface area contributed by atoms with Crippen molar-refractivity contribution in [1.82, 2.24) is 4.98 Å². The molecule has 0 bridgehead atoms. The maximum Gasteiger partial charge on any atom is 0.134 e. The van der Waals surface area contributed by atoms with Crippen LogP contribution in [0.4, 0.5) is 0 Å². The van der Waals surface area contributed by atoms with Gasteiger partial charge in [0, 0.05) is 17.9 Å². The first-order chi connectivity index (χ1) is 8.88. The van der Waals surface area contributed by atoms with Crippen LogP contribution in [0.2, 0.25) is 0 Å². The summed E-state index contributed by atoms with van der Waals surface area (Å²) in [6, 6.07) is 10.4. The first-order valence-corrected chi connectivity index (χ1v) is 7.38. The van der Waals surface area contributed by atoms with Gasteiger partial charge in [-0.05, 0) is 25.3 Å². The average Bonchev–Trinajstić information content (AvgIpc) is 3.16. The number of aromatic nitrogens is 1. The van der Waals surface area contributed by atoms with Crippen LogP contribution in [0.15, 0.2) is 35.7 Å². The van der Waals surface area contributed by atoms with Gasteiger partial charge in [0.15, 0.2) is 0 Å². The lowest BCUT2D eigenvalue weighted by atomic mass is 10.1. The standard InChI is InChI=1S/C15H17NOS/c1-2-17-14(12-6-4-3-5-7-12)15-16-13(10-18-15)11-8-9-11/h3-7,10-11,14H,2,8-9H2,1H3. The van der Waals surface area contributed by atoms with Gasteiger partial charge in [0.05, 0.1) is 5.69 Å². The molecule has 1 atom stereocenters. The van der Waals surface area contributed by atoms with Gasteiger partial charge < -0.3 is 4.74 Å². The summed E-state index contributed by atoms with van der Waals surface area (Å²) in [6.45, 7) is 2.74. The Morgan fingerprint density at radius 1 is 1.33 bits per heavy atom. The van der Waals surface area contributed by atoms with E-state index in [0.29, 0.717) is 12.5 Å². The molecule has 2 nitrogen and oxygen atoms in total. The summed E-state index contributed by atoms with van der Waals surface area (Å²) in [5.41, 5.74) is 2.45.